The number of hydrogen-bond acceptors (Lipinski definition) is 6. The van der Waals surface area contributed by atoms with Gasteiger partial charge in [0.25, 0.3) is 0 Å². The molecule has 148 valence electrons. The number of alkyl carbamates (subject to hydrolysis) is 1. The van der Waals surface area contributed by atoms with Crippen molar-refractivity contribution in [3.8, 4) is 0 Å². The van der Waals surface area contributed by atoms with Gasteiger partial charge in [-0.25, -0.2) is 14.2 Å². The number of nitrogens with zero attached hydrogens (tertiary/aromatic N) is 1. The summed E-state index contributed by atoms with van der Waals surface area (Å²) in [4.78, 5) is 16.9. The molecule has 3 atom stereocenters. The van der Waals surface area contributed by atoms with Crippen LogP contribution in [0.25, 0.3) is 0 Å². The van der Waals surface area contributed by atoms with Gasteiger partial charge in [0, 0.05) is 22.9 Å². The number of aliphatic imine (C=N–C) groups is 1. The van der Waals surface area contributed by atoms with E-state index < -0.39 is 17.2 Å². The molecule has 0 bridgehead atoms. The Hall–Kier alpha value is -1.80. The summed E-state index contributed by atoms with van der Waals surface area (Å²) in [5, 5.41) is 3.09. The van der Waals surface area contributed by atoms with E-state index in [2.05, 4.69) is 5.32 Å². The van der Waals surface area contributed by atoms with Crippen molar-refractivity contribution < 1.29 is 18.7 Å². The Balaban J connectivity index is 1.97. The lowest BCUT2D eigenvalue weighted by molar-refractivity contribution is -0.0477. The van der Waals surface area contributed by atoms with E-state index in [-0.39, 0.29) is 24.4 Å². The smallest absolute Gasteiger partial charge is 0.413 e. The molecule has 0 radical (unpaired) electrons. The van der Waals surface area contributed by atoms with E-state index in [0.717, 1.165) is 6.42 Å². The van der Waals surface area contributed by atoms with Crippen molar-refractivity contribution in [2.24, 2.45) is 10.9 Å². The molecule has 2 aliphatic rings. The maximum absolute atomic E-state index is 14.7. The lowest BCUT2D eigenvalue weighted by atomic mass is 9.75. The van der Waals surface area contributed by atoms with Crippen molar-refractivity contribution in [2.75, 3.05) is 18.1 Å². The highest BCUT2D eigenvalue weighted by molar-refractivity contribution is 8.13. The second-order valence-electron chi connectivity index (χ2n) is 8.07. The number of thioether (sulfide) groups is 1. The summed E-state index contributed by atoms with van der Waals surface area (Å²) in [6.07, 6.45) is 0.244. The second kappa shape index (κ2) is 7.31. The zero-order chi connectivity index (χ0) is 19.8. The number of carbonyl (C=O) groups excluding carboxylic acids is 1. The molecule has 1 saturated heterocycles. The molecule has 3 N–H and O–H groups in total. The Labute approximate surface area is 163 Å². The van der Waals surface area contributed by atoms with Crippen LogP contribution in [0.3, 0.4) is 0 Å². The topological polar surface area (TPSA) is 85.9 Å². The highest BCUT2D eigenvalue weighted by Gasteiger charge is 2.49. The summed E-state index contributed by atoms with van der Waals surface area (Å²) >= 11 is 1.44. The Kier molecular flexibility index (Phi) is 5.40. The molecule has 1 aromatic rings. The first-order valence-electron chi connectivity index (χ1n) is 8.99. The molecule has 2 unspecified atom stereocenters. The lowest BCUT2D eigenvalue weighted by Gasteiger charge is -2.46. The molecule has 0 aliphatic carbocycles. The van der Waals surface area contributed by atoms with E-state index in [9.17, 15) is 9.18 Å². The van der Waals surface area contributed by atoms with Crippen LogP contribution in [0.2, 0.25) is 0 Å². The molecule has 2 heterocycles. The normalized spacial score (nSPS) is 28.1. The third-order valence-corrected chi connectivity index (χ3v) is 5.70. The van der Waals surface area contributed by atoms with Gasteiger partial charge >= 0.3 is 6.09 Å². The number of amidine groups is 1. The van der Waals surface area contributed by atoms with Crippen LogP contribution in [0.1, 0.15) is 39.7 Å². The SMILES string of the molecule is C[C@H]1CC2CSC(NC(=O)OC(C)(C)C)=NC2(c2cc(N)ccc2F)CO1. The third kappa shape index (κ3) is 4.38. The predicted molar refractivity (Wildman–Crippen MR) is 105 cm³/mol. The maximum Gasteiger partial charge on any atom is 0.413 e. The van der Waals surface area contributed by atoms with Crippen LogP contribution in [-0.4, -0.2) is 35.3 Å². The van der Waals surface area contributed by atoms with E-state index in [1.165, 1.54) is 23.9 Å². The fourth-order valence-electron chi connectivity index (χ4n) is 3.46. The lowest BCUT2D eigenvalue weighted by Crippen LogP contribution is -2.51. The van der Waals surface area contributed by atoms with Crippen molar-refractivity contribution in [3.63, 3.8) is 0 Å². The van der Waals surface area contributed by atoms with E-state index in [1.807, 2.05) is 6.92 Å². The largest absolute Gasteiger partial charge is 0.444 e. The average molecular weight is 396 g/mol. The van der Waals surface area contributed by atoms with Crippen molar-refractivity contribution in [2.45, 2.75) is 51.4 Å². The number of hydrogen-bond donors (Lipinski definition) is 2. The maximum atomic E-state index is 14.7. The molecular formula is C19H26FN3O3S. The number of amides is 1. The standard InChI is InChI=1S/C19H26FN3O3S/c1-11-7-12-9-27-16(22-17(24)26-18(2,3)4)23-19(12,10-25-11)14-8-13(21)5-6-15(14)20/h5-6,8,11-12H,7,9-10,21H2,1-4H3,(H,22,23,24)/t11-,12?,19?/m0/s1. The summed E-state index contributed by atoms with van der Waals surface area (Å²) in [6.45, 7) is 7.61. The Morgan fingerprint density at radius 2 is 2.22 bits per heavy atom. The molecule has 1 aromatic carbocycles. The van der Waals surface area contributed by atoms with Gasteiger partial charge in [-0.15, -0.1) is 0 Å². The molecule has 0 aromatic heterocycles. The van der Waals surface area contributed by atoms with Gasteiger partial charge in [0.15, 0.2) is 5.17 Å². The molecule has 2 aliphatic heterocycles. The number of nitrogens with two attached hydrogens (primary N) is 1. The van der Waals surface area contributed by atoms with Crippen LogP contribution in [0, 0.1) is 11.7 Å². The number of fused-ring (bicyclic) bond motifs is 1. The first kappa shape index (κ1) is 19.9. The number of rotatable bonds is 1. The van der Waals surface area contributed by atoms with Gasteiger partial charge in [-0.1, -0.05) is 11.8 Å². The van der Waals surface area contributed by atoms with E-state index in [0.29, 0.717) is 22.2 Å². The second-order valence-corrected chi connectivity index (χ2v) is 9.08. The minimum atomic E-state index is -0.915. The minimum Gasteiger partial charge on any atom is -0.444 e. The third-order valence-electron chi connectivity index (χ3n) is 4.67. The summed E-state index contributed by atoms with van der Waals surface area (Å²) in [7, 11) is 0. The van der Waals surface area contributed by atoms with Crippen LogP contribution in [0.5, 0.6) is 0 Å². The van der Waals surface area contributed by atoms with Crippen LogP contribution in [0.15, 0.2) is 23.2 Å². The number of ether oxygens (including phenoxy) is 2. The van der Waals surface area contributed by atoms with E-state index >= 15 is 0 Å². The molecule has 0 spiro atoms. The minimum absolute atomic E-state index is 0.0726. The zero-order valence-electron chi connectivity index (χ0n) is 16.0. The summed E-state index contributed by atoms with van der Waals surface area (Å²) in [5.41, 5.74) is 5.25. The molecule has 1 amide bonds. The number of halogens is 1. The number of carbonyl (C=O) groups is 1. The fourth-order valence-corrected chi connectivity index (χ4v) is 4.61. The molecule has 0 saturated carbocycles. The van der Waals surface area contributed by atoms with Crippen LogP contribution in [0.4, 0.5) is 14.9 Å². The predicted octanol–water partition coefficient (Wildman–Crippen LogP) is 3.66. The van der Waals surface area contributed by atoms with Gasteiger partial charge in [-0.3, -0.25) is 5.32 Å². The molecule has 27 heavy (non-hydrogen) atoms. The van der Waals surface area contributed by atoms with Crippen molar-refractivity contribution in [1.29, 1.82) is 0 Å². The molecule has 8 heteroatoms. The van der Waals surface area contributed by atoms with E-state index in [4.69, 9.17) is 20.2 Å². The van der Waals surface area contributed by atoms with Crippen molar-refractivity contribution >= 4 is 28.7 Å². The van der Waals surface area contributed by atoms with E-state index in [1.54, 1.807) is 26.8 Å². The van der Waals surface area contributed by atoms with Gasteiger partial charge in [-0.2, -0.15) is 0 Å². The Morgan fingerprint density at radius 1 is 1.48 bits per heavy atom. The monoisotopic (exact) mass is 395 g/mol. The van der Waals surface area contributed by atoms with Crippen molar-refractivity contribution in [3.05, 3.63) is 29.6 Å². The van der Waals surface area contributed by atoms with Crippen LogP contribution < -0.4 is 11.1 Å². The number of nitrogen functional groups attached to an aromatic ring is 1. The molecular weight excluding hydrogens is 369 g/mol. The van der Waals surface area contributed by atoms with Crippen molar-refractivity contribution in [1.82, 2.24) is 5.32 Å². The summed E-state index contributed by atoms with van der Waals surface area (Å²) in [6, 6.07) is 4.50. The molecule has 3 rings (SSSR count). The van der Waals surface area contributed by atoms with Gasteiger partial charge in [-0.05, 0) is 52.3 Å². The number of nitrogens with one attached hydrogen (secondary N) is 1. The number of anilines is 1. The fraction of sp³-hybridized carbons (Fsp3) is 0.579. The van der Waals surface area contributed by atoms with Crippen LogP contribution in [-0.2, 0) is 15.0 Å². The van der Waals surface area contributed by atoms with Gasteiger partial charge in [0.05, 0.1) is 12.7 Å². The zero-order valence-corrected chi connectivity index (χ0v) is 16.9. The summed E-state index contributed by atoms with van der Waals surface area (Å²) < 4.78 is 25.9. The quantitative estimate of drug-likeness (QED) is 0.709. The number of benzene rings is 1. The highest BCUT2D eigenvalue weighted by Crippen LogP contribution is 2.47. The summed E-state index contributed by atoms with van der Waals surface area (Å²) in [5.74, 6) is 0.391. The van der Waals surface area contributed by atoms with Crippen LogP contribution >= 0.6 is 11.8 Å². The first-order valence-corrected chi connectivity index (χ1v) is 9.97. The Bertz CT molecular complexity index is 765. The first-order chi connectivity index (χ1) is 12.6. The molecule has 1 fully saturated rings. The Morgan fingerprint density at radius 3 is 2.93 bits per heavy atom. The average Bonchev–Trinajstić information content (AvgIpc) is 2.55. The highest BCUT2D eigenvalue weighted by atomic mass is 32.2. The van der Waals surface area contributed by atoms with Gasteiger partial charge in [0.2, 0.25) is 0 Å². The van der Waals surface area contributed by atoms with Gasteiger partial charge in [0.1, 0.15) is 17.0 Å². The van der Waals surface area contributed by atoms with Gasteiger partial charge < -0.3 is 15.2 Å². The molecule has 6 nitrogen and oxygen atoms in total.